The molecule has 0 spiro atoms. The molecule has 2 N–H and O–H groups in total. The van der Waals surface area contributed by atoms with Gasteiger partial charge in [0.15, 0.2) is 11.7 Å². The zero-order chi connectivity index (χ0) is 23.4. The van der Waals surface area contributed by atoms with Crippen molar-refractivity contribution in [2.45, 2.75) is 26.3 Å². The third-order valence-electron chi connectivity index (χ3n) is 6.04. The average molecular weight is 450 g/mol. The minimum absolute atomic E-state index is 0.0723. The van der Waals surface area contributed by atoms with Crippen LogP contribution in [-0.4, -0.2) is 53.0 Å². The number of carbonyl (C=O) groups is 1. The van der Waals surface area contributed by atoms with Crippen molar-refractivity contribution < 1.29 is 13.7 Å². The van der Waals surface area contributed by atoms with Crippen LogP contribution < -0.4 is 5.73 Å². The summed E-state index contributed by atoms with van der Waals surface area (Å²) in [5.74, 6) is 0.675. The Morgan fingerprint density at radius 1 is 1.12 bits per heavy atom. The van der Waals surface area contributed by atoms with Gasteiger partial charge in [-0.2, -0.15) is 0 Å². The molecular weight excluding hydrogens is 421 g/mol. The van der Waals surface area contributed by atoms with Gasteiger partial charge in [0.05, 0.1) is 5.69 Å². The first-order valence-electron chi connectivity index (χ1n) is 11.0. The zero-order valence-corrected chi connectivity index (χ0v) is 18.9. The molecule has 1 aliphatic heterocycles. The molecule has 7 nitrogen and oxygen atoms in total. The minimum Gasteiger partial charge on any atom is -0.370 e. The van der Waals surface area contributed by atoms with Gasteiger partial charge in [-0.1, -0.05) is 54.5 Å². The van der Waals surface area contributed by atoms with Gasteiger partial charge in [0.25, 0.3) is 0 Å². The first-order valence-corrected chi connectivity index (χ1v) is 11.0. The summed E-state index contributed by atoms with van der Waals surface area (Å²) in [5.41, 5.74) is 9.06. The van der Waals surface area contributed by atoms with E-state index in [4.69, 9.17) is 10.3 Å². The topological polar surface area (TPSA) is 88.0 Å². The fourth-order valence-electron chi connectivity index (χ4n) is 3.94. The van der Waals surface area contributed by atoms with Gasteiger partial charge in [-0.05, 0) is 17.2 Å². The second-order valence-electron chi connectivity index (χ2n) is 8.21. The van der Waals surface area contributed by atoms with Crippen LogP contribution in [0.2, 0.25) is 0 Å². The molecule has 1 atom stereocenters. The molecule has 1 aliphatic rings. The van der Waals surface area contributed by atoms with E-state index in [9.17, 15) is 9.18 Å². The van der Waals surface area contributed by atoms with Crippen molar-refractivity contribution in [1.29, 1.82) is 0 Å². The highest BCUT2D eigenvalue weighted by molar-refractivity contribution is 5.79. The summed E-state index contributed by atoms with van der Waals surface area (Å²) in [5, 5.41) is 4.16. The first-order chi connectivity index (χ1) is 15.9. The lowest BCUT2D eigenvalue weighted by Crippen LogP contribution is -2.52. The lowest BCUT2D eigenvalue weighted by atomic mass is 9.94. The van der Waals surface area contributed by atoms with E-state index in [-0.39, 0.29) is 24.2 Å². The fourth-order valence-corrected chi connectivity index (χ4v) is 3.94. The molecule has 172 valence electrons. The molecule has 0 aliphatic carbocycles. The number of carbonyl (C=O) groups excluding carboxylic acids is 1. The maximum absolute atomic E-state index is 14.8. The van der Waals surface area contributed by atoms with Gasteiger partial charge in [-0.25, -0.2) is 9.38 Å². The van der Waals surface area contributed by atoms with Gasteiger partial charge in [-0.15, -0.1) is 0 Å². The van der Waals surface area contributed by atoms with E-state index in [0.717, 1.165) is 11.1 Å². The largest absolute Gasteiger partial charge is 0.370 e. The molecule has 1 aromatic heterocycles. The van der Waals surface area contributed by atoms with Crippen molar-refractivity contribution in [1.82, 2.24) is 15.0 Å². The maximum Gasteiger partial charge on any atom is 0.219 e. The van der Waals surface area contributed by atoms with E-state index < -0.39 is 0 Å². The van der Waals surface area contributed by atoms with Crippen LogP contribution >= 0.6 is 0 Å². The smallest absolute Gasteiger partial charge is 0.219 e. The summed E-state index contributed by atoms with van der Waals surface area (Å²) in [6.45, 7) is 6.37. The molecule has 1 unspecified atom stereocenters. The van der Waals surface area contributed by atoms with Crippen molar-refractivity contribution in [3.8, 4) is 11.1 Å². The van der Waals surface area contributed by atoms with E-state index in [1.165, 1.54) is 0 Å². The Labute approximate surface area is 192 Å². The van der Waals surface area contributed by atoms with Crippen LogP contribution in [0.15, 0.2) is 64.1 Å². The van der Waals surface area contributed by atoms with Crippen LogP contribution in [0, 0.1) is 5.82 Å². The van der Waals surface area contributed by atoms with Crippen molar-refractivity contribution in [3.05, 3.63) is 77.4 Å². The number of guanidine groups is 1. The molecular formula is C25H28FN5O2. The van der Waals surface area contributed by atoms with Gasteiger partial charge in [0.1, 0.15) is 12.4 Å². The third kappa shape index (κ3) is 5.22. The molecule has 2 heterocycles. The lowest BCUT2D eigenvalue weighted by Gasteiger charge is -2.34. The predicted molar refractivity (Wildman–Crippen MR) is 125 cm³/mol. The van der Waals surface area contributed by atoms with Gasteiger partial charge in [0, 0.05) is 50.7 Å². The summed E-state index contributed by atoms with van der Waals surface area (Å²) < 4.78 is 20.2. The van der Waals surface area contributed by atoms with Crippen LogP contribution in [0.25, 0.3) is 11.1 Å². The summed E-state index contributed by atoms with van der Waals surface area (Å²) >= 11 is 0. The Bertz CT molecular complexity index is 1140. The second kappa shape index (κ2) is 9.85. The molecule has 8 heteroatoms. The normalized spacial score (nSPS) is 15.5. The highest BCUT2D eigenvalue weighted by Gasteiger charge is 2.20. The maximum atomic E-state index is 14.8. The molecule has 0 radical (unpaired) electrons. The van der Waals surface area contributed by atoms with E-state index in [1.54, 1.807) is 24.0 Å². The summed E-state index contributed by atoms with van der Waals surface area (Å²) in [7, 11) is 0. The second-order valence-corrected chi connectivity index (χ2v) is 8.21. The van der Waals surface area contributed by atoms with Gasteiger partial charge >= 0.3 is 0 Å². The number of halogens is 1. The van der Waals surface area contributed by atoms with Crippen LogP contribution in [0.3, 0.4) is 0 Å². The number of piperazine rings is 1. The zero-order valence-electron chi connectivity index (χ0n) is 18.9. The lowest BCUT2D eigenvalue weighted by molar-refractivity contribution is -0.130. The van der Waals surface area contributed by atoms with E-state index in [1.807, 2.05) is 54.3 Å². The number of aromatic nitrogens is 1. The van der Waals surface area contributed by atoms with E-state index in [2.05, 4.69) is 10.1 Å². The number of hydrogen-bond acceptors (Lipinski definition) is 4. The Balaban J connectivity index is 1.39. The highest BCUT2D eigenvalue weighted by atomic mass is 19.1. The van der Waals surface area contributed by atoms with Crippen molar-refractivity contribution in [2.75, 3.05) is 26.2 Å². The molecule has 1 amide bonds. The molecule has 4 rings (SSSR count). The average Bonchev–Trinajstić information content (AvgIpc) is 3.31. The van der Waals surface area contributed by atoms with Crippen LogP contribution in [-0.2, 0) is 11.3 Å². The number of hydrogen-bond donors (Lipinski definition) is 1. The Kier molecular flexibility index (Phi) is 6.72. The van der Waals surface area contributed by atoms with Crippen molar-refractivity contribution in [2.24, 2.45) is 10.7 Å². The van der Waals surface area contributed by atoms with Crippen molar-refractivity contribution in [3.63, 3.8) is 0 Å². The van der Waals surface area contributed by atoms with E-state index >= 15 is 0 Å². The van der Waals surface area contributed by atoms with Crippen LogP contribution in [0.5, 0.6) is 0 Å². The molecule has 0 saturated carbocycles. The van der Waals surface area contributed by atoms with Crippen LogP contribution in [0.4, 0.5) is 4.39 Å². The van der Waals surface area contributed by atoms with E-state index in [0.29, 0.717) is 49.2 Å². The van der Waals surface area contributed by atoms with Gasteiger partial charge in [-0.3, -0.25) is 4.79 Å². The Hall–Kier alpha value is -3.68. The fraction of sp³-hybridized carbons (Fsp3) is 0.320. The first kappa shape index (κ1) is 22.5. The SMILES string of the molecule is CC(=O)N1CCN(/C(N)=N/Cc2cc(C(C)c3ccc(-c4ccccc4)c(F)c3)no2)CC1. The number of benzene rings is 2. The molecule has 3 aromatic rings. The molecule has 33 heavy (non-hydrogen) atoms. The summed E-state index contributed by atoms with van der Waals surface area (Å²) in [6, 6.07) is 16.6. The third-order valence-corrected chi connectivity index (χ3v) is 6.04. The number of nitrogens with zero attached hydrogens (tertiary/aromatic N) is 4. The summed E-state index contributed by atoms with van der Waals surface area (Å²) in [6.07, 6.45) is 0. The number of nitrogens with two attached hydrogens (primary N) is 1. The molecule has 1 saturated heterocycles. The number of aliphatic imine (C=N–C) groups is 1. The quantitative estimate of drug-likeness (QED) is 0.475. The Morgan fingerprint density at radius 3 is 2.48 bits per heavy atom. The van der Waals surface area contributed by atoms with Gasteiger partial charge in [0.2, 0.25) is 5.91 Å². The molecule has 1 fully saturated rings. The predicted octanol–water partition coefficient (Wildman–Crippen LogP) is 3.61. The van der Waals surface area contributed by atoms with Gasteiger partial charge < -0.3 is 20.1 Å². The monoisotopic (exact) mass is 449 g/mol. The number of amides is 1. The Morgan fingerprint density at radius 2 is 1.82 bits per heavy atom. The summed E-state index contributed by atoms with van der Waals surface area (Å²) in [4.78, 5) is 19.6. The molecule has 2 aromatic carbocycles. The highest BCUT2D eigenvalue weighted by Crippen LogP contribution is 2.29. The standard InChI is InChI=1S/C25H28FN5O2/c1-17(20-8-9-22(23(26)14-20)19-6-4-3-5-7-19)24-15-21(33-29-24)16-28-25(27)31-12-10-30(11-13-31)18(2)32/h3-9,14-15,17H,10-13,16H2,1-2H3,(H2,27,28). The van der Waals surface area contributed by atoms with Crippen LogP contribution in [0.1, 0.15) is 36.8 Å². The van der Waals surface area contributed by atoms with Crippen molar-refractivity contribution >= 4 is 11.9 Å². The number of rotatable bonds is 5. The minimum atomic E-state index is -0.267. The molecule has 0 bridgehead atoms.